The first-order valence-corrected chi connectivity index (χ1v) is 7.10. The van der Waals surface area contributed by atoms with Gasteiger partial charge in [-0.15, -0.1) is 0 Å². The zero-order chi connectivity index (χ0) is 16.1. The SMILES string of the molecule is Cc1ccc(NCC(=O)N/N=C\c2c(C)nn(C)c2C)cc1. The molecule has 0 radical (unpaired) electrons. The Bertz CT molecular complexity index is 685. The Balaban J connectivity index is 1.85. The van der Waals surface area contributed by atoms with Crippen LogP contribution in [0, 0.1) is 20.8 Å². The van der Waals surface area contributed by atoms with Crippen LogP contribution in [0.3, 0.4) is 0 Å². The zero-order valence-corrected chi connectivity index (χ0v) is 13.3. The maximum Gasteiger partial charge on any atom is 0.259 e. The number of hydrogen-bond donors (Lipinski definition) is 2. The fourth-order valence-electron chi connectivity index (χ4n) is 2.04. The molecular formula is C16H21N5O. The molecule has 1 aromatic heterocycles. The summed E-state index contributed by atoms with van der Waals surface area (Å²) in [6.45, 7) is 6.07. The summed E-state index contributed by atoms with van der Waals surface area (Å²) in [6, 6.07) is 7.86. The van der Waals surface area contributed by atoms with Crippen LogP contribution in [0.4, 0.5) is 5.69 Å². The van der Waals surface area contributed by atoms with Gasteiger partial charge in [-0.3, -0.25) is 9.48 Å². The number of hydrazone groups is 1. The largest absolute Gasteiger partial charge is 0.376 e. The van der Waals surface area contributed by atoms with Crippen molar-refractivity contribution >= 4 is 17.8 Å². The predicted molar refractivity (Wildman–Crippen MR) is 88.1 cm³/mol. The third-order valence-electron chi connectivity index (χ3n) is 3.45. The second-order valence-electron chi connectivity index (χ2n) is 5.22. The van der Waals surface area contributed by atoms with Crippen molar-refractivity contribution in [2.45, 2.75) is 20.8 Å². The van der Waals surface area contributed by atoms with E-state index in [-0.39, 0.29) is 12.5 Å². The van der Waals surface area contributed by atoms with Crippen molar-refractivity contribution in [2.24, 2.45) is 12.1 Å². The maximum atomic E-state index is 11.7. The van der Waals surface area contributed by atoms with E-state index in [1.807, 2.05) is 52.1 Å². The number of hydrogen-bond acceptors (Lipinski definition) is 4. The van der Waals surface area contributed by atoms with Crippen molar-refractivity contribution in [3.05, 3.63) is 46.8 Å². The number of aromatic nitrogens is 2. The third kappa shape index (κ3) is 3.94. The number of anilines is 1. The van der Waals surface area contributed by atoms with Crippen LogP contribution in [0.1, 0.15) is 22.5 Å². The minimum atomic E-state index is -0.198. The molecule has 0 bridgehead atoms. The molecule has 0 spiro atoms. The number of rotatable bonds is 5. The summed E-state index contributed by atoms with van der Waals surface area (Å²) in [6.07, 6.45) is 1.63. The molecule has 6 nitrogen and oxygen atoms in total. The Labute approximate surface area is 130 Å². The summed E-state index contributed by atoms with van der Waals surface area (Å²) in [5, 5.41) is 11.3. The van der Waals surface area contributed by atoms with Gasteiger partial charge in [-0.2, -0.15) is 10.2 Å². The van der Waals surface area contributed by atoms with Gasteiger partial charge >= 0.3 is 0 Å². The average Bonchev–Trinajstić information content (AvgIpc) is 2.73. The molecule has 0 unspecified atom stereocenters. The fourth-order valence-corrected chi connectivity index (χ4v) is 2.04. The molecule has 1 amide bonds. The van der Waals surface area contributed by atoms with Gasteiger partial charge < -0.3 is 5.32 Å². The van der Waals surface area contributed by atoms with Crippen molar-refractivity contribution in [1.29, 1.82) is 0 Å². The second kappa shape index (κ2) is 6.89. The van der Waals surface area contributed by atoms with Crippen molar-refractivity contribution in [2.75, 3.05) is 11.9 Å². The van der Waals surface area contributed by atoms with Gasteiger partial charge in [0.2, 0.25) is 0 Å². The first kappa shape index (κ1) is 15.8. The van der Waals surface area contributed by atoms with Crippen LogP contribution in [0.2, 0.25) is 0 Å². The summed E-state index contributed by atoms with van der Waals surface area (Å²) in [5.74, 6) is -0.198. The van der Waals surface area contributed by atoms with Gasteiger partial charge in [0.25, 0.3) is 5.91 Å². The molecule has 116 valence electrons. The predicted octanol–water partition coefficient (Wildman–Crippen LogP) is 1.91. The topological polar surface area (TPSA) is 71.3 Å². The Kier molecular flexibility index (Phi) is 4.93. The monoisotopic (exact) mass is 299 g/mol. The number of benzene rings is 1. The number of carbonyl (C=O) groups excluding carboxylic acids is 1. The molecule has 1 heterocycles. The standard InChI is InChI=1S/C16H21N5O/c1-11-5-7-14(8-6-11)17-10-16(22)19-18-9-15-12(2)20-21(4)13(15)3/h5-9,17H,10H2,1-4H3,(H,19,22)/b18-9-. The Morgan fingerprint density at radius 2 is 1.95 bits per heavy atom. The van der Waals surface area contributed by atoms with E-state index in [0.29, 0.717) is 0 Å². The molecular weight excluding hydrogens is 278 g/mol. The smallest absolute Gasteiger partial charge is 0.259 e. The lowest BCUT2D eigenvalue weighted by atomic mass is 10.2. The van der Waals surface area contributed by atoms with E-state index in [4.69, 9.17) is 0 Å². The van der Waals surface area contributed by atoms with Crippen LogP contribution in [-0.4, -0.2) is 28.4 Å². The molecule has 0 aliphatic heterocycles. The average molecular weight is 299 g/mol. The highest BCUT2D eigenvalue weighted by atomic mass is 16.2. The molecule has 2 aromatic rings. The van der Waals surface area contributed by atoms with Crippen molar-refractivity contribution in [3.63, 3.8) is 0 Å². The quantitative estimate of drug-likeness (QED) is 0.654. The summed E-state index contributed by atoms with van der Waals surface area (Å²) < 4.78 is 1.79. The van der Waals surface area contributed by atoms with Crippen molar-refractivity contribution < 1.29 is 4.79 Å². The summed E-state index contributed by atoms with van der Waals surface area (Å²) in [5.41, 5.74) is 7.41. The van der Waals surface area contributed by atoms with Crippen LogP contribution in [-0.2, 0) is 11.8 Å². The lowest BCUT2D eigenvalue weighted by molar-refractivity contribution is -0.119. The molecule has 0 fully saturated rings. The molecule has 0 atom stereocenters. The number of nitrogens with zero attached hydrogens (tertiary/aromatic N) is 3. The van der Waals surface area contributed by atoms with E-state index in [1.165, 1.54) is 5.56 Å². The molecule has 0 aliphatic carbocycles. The van der Waals surface area contributed by atoms with Crippen molar-refractivity contribution in [1.82, 2.24) is 15.2 Å². The molecule has 2 rings (SSSR count). The van der Waals surface area contributed by atoms with Gasteiger partial charge in [-0.05, 0) is 32.9 Å². The van der Waals surface area contributed by atoms with E-state index in [0.717, 1.165) is 22.6 Å². The number of amides is 1. The number of aryl methyl sites for hydroxylation is 3. The molecule has 1 aromatic carbocycles. The highest BCUT2D eigenvalue weighted by molar-refractivity contribution is 5.85. The minimum Gasteiger partial charge on any atom is -0.376 e. The Morgan fingerprint density at radius 1 is 1.27 bits per heavy atom. The first-order valence-electron chi connectivity index (χ1n) is 7.10. The summed E-state index contributed by atoms with van der Waals surface area (Å²) in [7, 11) is 1.88. The molecule has 6 heteroatoms. The van der Waals surface area contributed by atoms with E-state index in [9.17, 15) is 4.79 Å². The van der Waals surface area contributed by atoms with Crippen LogP contribution < -0.4 is 10.7 Å². The molecule has 0 saturated heterocycles. The molecule has 22 heavy (non-hydrogen) atoms. The van der Waals surface area contributed by atoms with Crippen LogP contribution in [0.15, 0.2) is 29.4 Å². The fraction of sp³-hybridized carbons (Fsp3) is 0.312. The second-order valence-corrected chi connectivity index (χ2v) is 5.22. The Hall–Kier alpha value is -2.63. The Morgan fingerprint density at radius 3 is 2.55 bits per heavy atom. The van der Waals surface area contributed by atoms with Gasteiger partial charge in [-0.1, -0.05) is 17.7 Å². The lowest BCUT2D eigenvalue weighted by Gasteiger charge is -2.05. The zero-order valence-electron chi connectivity index (χ0n) is 13.3. The summed E-state index contributed by atoms with van der Waals surface area (Å²) >= 11 is 0. The molecule has 0 saturated carbocycles. The maximum absolute atomic E-state index is 11.7. The third-order valence-corrected chi connectivity index (χ3v) is 3.45. The minimum absolute atomic E-state index is 0.172. The number of carbonyl (C=O) groups is 1. The highest BCUT2D eigenvalue weighted by Gasteiger charge is 2.06. The van der Waals surface area contributed by atoms with E-state index in [1.54, 1.807) is 10.9 Å². The highest BCUT2D eigenvalue weighted by Crippen LogP contribution is 2.09. The van der Waals surface area contributed by atoms with Gasteiger partial charge in [0.05, 0.1) is 18.5 Å². The first-order chi connectivity index (χ1) is 10.5. The molecule has 0 aliphatic rings. The van der Waals surface area contributed by atoms with E-state index < -0.39 is 0 Å². The van der Waals surface area contributed by atoms with Gasteiger partial charge in [-0.25, -0.2) is 5.43 Å². The molecule has 2 N–H and O–H groups in total. The lowest BCUT2D eigenvalue weighted by Crippen LogP contribution is -2.25. The van der Waals surface area contributed by atoms with Crippen LogP contribution in [0.5, 0.6) is 0 Å². The van der Waals surface area contributed by atoms with Gasteiger partial charge in [0.1, 0.15) is 0 Å². The van der Waals surface area contributed by atoms with Crippen LogP contribution in [0.25, 0.3) is 0 Å². The normalized spacial score (nSPS) is 10.9. The van der Waals surface area contributed by atoms with E-state index in [2.05, 4.69) is 20.9 Å². The van der Waals surface area contributed by atoms with Crippen molar-refractivity contribution in [3.8, 4) is 0 Å². The summed E-state index contributed by atoms with van der Waals surface area (Å²) in [4.78, 5) is 11.7. The van der Waals surface area contributed by atoms with Gasteiger partial charge in [0, 0.05) is 24.0 Å². The van der Waals surface area contributed by atoms with E-state index >= 15 is 0 Å². The number of nitrogens with one attached hydrogen (secondary N) is 2. The van der Waals surface area contributed by atoms with Crippen LogP contribution >= 0.6 is 0 Å². The van der Waals surface area contributed by atoms with Gasteiger partial charge in [0.15, 0.2) is 0 Å².